The van der Waals surface area contributed by atoms with Crippen LogP contribution in [0.1, 0.15) is 264 Å². The molecule has 0 radical (unpaired) electrons. The van der Waals surface area contributed by atoms with Gasteiger partial charge in [0.25, 0.3) is 0 Å². The van der Waals surface area contributed by atoms with Crippen molar-refractivity contribution in [1.29, 1.82) is 0 Å². The highest BCUT2D eigenvalue weighted by Crippen LogP contribution is 2.33. The molecule has 3 rings (SSSR count). The van der Waals surface area contributed by atoms with Crippen molar-refractivity contribution in [3.63, 3.8) is 0 Å². The number of carbonyl (C=O) groups excluding carboxylic acids is 1. The SMILES string of the molecule is CC/C=C\C/C=C\C/C=C\C/C=C\C/C=C\CCCCCCCC(=O)NC(COC1OC(CO)C(OC2OC(CO)C(OC3OC(CO)C(O)C(O)C3O)C(O)C2O)C(O)C1O)C(O)/C=C/CC/C=C/CC/C=C/CCCCCCCCCCCCCCCCCCCCCCCC. The minimum atomic E-state index is -1.99. The highest BCUT2D eigenvalue weighted by atomic mass is 16.8. The van der Waals surface area contributed by atoms with Crippen LogP contribution < -0.4 is 5.32 Å². The van der Waals surface area contributed by atoms with Crippen LogP contribution in [0.4, 0.5) is 0 Å². The molecule has 0 aliphatic carbocycles. The number of aliphatic hydroxyl groups excluding tert-OH is 11. The van der Waals surface area contributed by atoms with Gasteiger partial charge < -0.3 is 89.9 Å². The van der Waals surface area contributed by atoms with Gasteiger partial charge in [-0.1, -0.05) is 265 Å². The summed E-state index contributed by atoms with van der Waals surface area (Å²) in [5.74, 6) is -0.310. The first-order chi connectivity index (χ1) is 47.8. The molecule has 0 spiro atoms. The minimum Gasteiger partial charge on any atom is -0.394 e. The number of carbonyl (C=O) groups is 1. The molecule has 98 heavy (non-hydrogen) atoms. The maximum atomic E-state index is 13.4. The van der Waals surface area contributed by atoms with Crippen LogP contribution >= 0.6 is 0 Å². The summed E-state index contributed by atoms with van der Waals surface area (Å²) in [7, 11) is 0. The molecule has 19 nitrogen and oxygen atoms in total. The zero-order valence-electron chi connectivity index (χ0n) is 60.2. The lowest BCUT2D eigenvalue weighted by Gasteiger charge is -2.48. The number of nitrogens with one attached hydrogen (secondary N) is 1. The smallest absolute Gasteiger partial charge is 0.220 e. The van der Waals surface area contributed by atoms with Crippen molar-refractivity contribution in [3.8, 4) is 0 Å². The molecular weight excluding hydrogens is 1250 g/mol. The van der Waals surface area contributed by atoms with Crippen LogP contribution in [0.15, 0.2) is 97.2 Å². The Balaban J connectivity index is 1.41. The van der Waals surface area contributed by atoms with Crippen LogP contribution in [0.5, 0.6) is 0 Å². The normalized spacial score (nSPS) is 27.3. The predicted octanol–water partition coefficient (Wildman–Crippen LogP) is 12.0. The van der Waals surface area contributed by atoms with E-state index in [2.05, 4.69) is 104 Å². The van der Waals surface area contributed by atoms with Crippen LogP contribution in [0.25, 0.3) is 0 Å². The summed E-state index contributed by atoms with van der Waals surface area (Å²) in [6, 6.07) is -1.02. The molecule has 0 bridgehead atoms. The molecule has 3 heterocycles. The molecule has 17 atom stereocenters. The maximum Gasteiger partial charge on any atom is 0.220 e. The second-order valence-electron chi connectivity index (χ2n) is 27.1. The number of ether oxygens (including phenoxy) is 6. The first-order valence-electron chi connectivity index (χ1n) is 38.5. The third kappa shape index (κ3) is 39.4. The average Bonchev–Trinajstić information content (AvgIpc) is 0.784. The van der Waals surface area contributed by atoms with Gasteiger partial charge in [-0.25, -0.2) is 0 Å². The minimum absolute atomic E-state index is 0.204. The number of amides is 1. The zero-order valence-corrected chi connectivity index (χ0v) is 60.2. The second-order valence-corrected chi connectivity index (χ2v) is 27.1. The lowest BCUT2D eigenvalue weighted by atomic mass is 9.96. The van der Waals surface area contributed by atoms with E-state index < -0.39 is 124 Å². The van der Waals surface area contributed by atoms with Crippen LogP contribution in [0, 0.1) is 0 Å². The largest absolute Gasteiger partial charge is 0.394 e. The first-order valence-corrected chi connectivity index (χ1v) is 38.5. The molecule has 0 aromatic carbocycles. The van der Waals surface area contributed by atoms with Gasteiger partial charge >= 0.3 is 0 Å². The van der Waals surface area contributed by atoms with E-state index in [9.17, 15) is 61.0 Å². The number of allylic oxidation sites excluding steroid dienone is 15. The fourth-order valence-electron chi connectivity index (χ4n) is 12.4. The van der Waals surface area contributed by atoms with Crippen LogP contribution in [-0.2, 0) is 33.2 Å². The van der Waals surface area contributed by atoms with Gasteiger partial charge in [-0.2, -0.15) is 0 Å². The Bertz CT molecular complexity index is 2150. The predicted molar refractivity (Wildman–Crippen MR) is 387 cm³/mol. The first kappa shape index (κ1) is 88.9. The molecule has 566 valence electrons. The van der Waals surface area contributed by atoms with E-state index >= 15 is 0 Å². The van der Waals surface area contributed by atoms with Crippen molar-refractivity contribution in [2.75, 3.05) is 26.4 Å². The topological polar surface area (TPSA) is 307 Å². The van der Waals surface area contributed by atoms with Gasteiger partial charge in [0.15, 0.2) is 18.9 Å². The van der Waals surface area contributed by atoms with Gasteiger partial charge in [0.1, 0.15) is 73.2 Å². The summed E-state index contributed by atoms with van der Waals surface area (Å²) in [5, 5.41) is 121. The Kier molecular flexibility index (Phi) is 53.7. The highest BCUT2D eigenvalue weighted by Gasteiger charge is 2.53. The van der Waals surface area contributed by atoms with E-state index in [0.29, 0.717) is 12.8 Å². The van der Waals surface area contributed by atoms with E-state index in [-0.39, 0.29) is 18.9 Å². The number of aliphatic hydroxyl groups is 11. The second kappa shape index (κ2) is 59.1. The molecule has 0 aromatic rings. The number of hydrogen-bond donors (Lipinski definition) is 12. The molecule has 3 aliphatic heterocycles. The molecule has 1 amide bonds. The van der Waals surface area contributed by atoms with Crippen molar-refractivity contribution >= 4 is 5.91 Å². The Morgan fingerprint density at radius 2 is 0.714 bits per heavy atom. The van der Waals surface area contributed by atoms with Crippen LogP contribution in [0.2, 0.25) is 0 Å². The monoisotopic (exact) mass is 1390 g/mol. The summed E-state index contributed by atoms with van der Waals surface area (Å²) in [4.78, 5) is 13.4. The van der Waals surface area contributed by atoms with Crippen LogP contribution in [-0.4, -0.2) is 193 Å². The third-order valence-corrected chi connectivity index (χ3v) is 18.6. The third-order valence-electron chi connectivity index (χ3n) is 18.6. The van der Waals surface area contributed by atoms with E-state index in [4.69, 9.17) is 28.4 Å². The molecule has 17 unspecified atom stereocenters. The fraction of sp³-hybridized carbons (Fsp3) is 0.785. The Hall–Kier alpha value is -3.29. The summed E-state index contributed by atoms with van der Waals surface area (Å²) in [6.45, 7) is 1.59. The average molecular weight is 1390 g/mol. The highest BCUT2D eigenvalue weighted by molar-refractivity contribution is 5.76. The van der Waals surface area contributed by atoms with Crippen molar-refractivity contribution < 1.29 is 89.4 Å². The van der Waals surface area contributed by atoms with Gasteiger partial charge in [-0.05, 0) is 89.9 Å². The number of rotatable bonds is 59. The summed E-state index contributed by atoms with van der Waals surface area (Å²) in [5.41, 5.74) is 0. The van der Waals surface area contributed by atoms with Gasteiger partial charge in [0.05, 0.1) is 38.6 Å². The molecule has 12 N–H and O–H groups in total. The Morgan fingerprint density at radius 3 is 1.14 bits per heavy atom. The molecule has 3 aliphatic rings. The molecule has 0 saturated carbocycles. The van der Waals surface area contributed by atoms with Gasteiger partial charge in [0, 0.05) is 6.42 Å². The quantitative estimate of drug-likeness (QED) is 0.0199. The molecule has 3 fully saturated rings. The van der Waals surface area contributed by atoms with Gasteiger partial charge in [0.2, 0.25) is 5.91 Å². The van der Waals surface area contributed by atoms with Gasteiger partial charge in [-0.3, -0.25) is 4.79 Å². The summed E-state index contributed by atoms with van der Waals surface area (Å²) in [6.07, 6.45) is 52.6. The van der Waals surface area contributed by atoms with Crippen molar-refractivity contribution in [2.24, 2.45) is 0 Å². The lowest BCUT2D eigenvalue weighted by Crippen LogP contribution is -2.66. The maximum absolute atomic E-state index is 13.4. The number of unbranched alkanes of at least 4 members (excludes halogenated alkanes) is 29. The van der Waals surface area contributed by atoms with E-state index in [1.54, 1.807) is 6.08 Å². The Labute approximate surface area is 590 Å². The number of hydrogen-bond acceptors (Lipinski definition) is 18. The van der Waals surface area contributed by atoms with Crippen molar-refractivity contribution in [3.05, 3.63) is 97.2 Å². The fourth-order valence-corrected chi connectivity index (χ4v) is 12.4. The van der Waals surface area contributed by atoms with Crippen molar-refractivity contribution in [1.82, 2.24) is 5.32 Å². The zero-order chi connectivity index (χ0) is 71.1. The summed E-state index contributed by atoms with van der Waals surface area (Å²) >= 11 is 0. The Morgan fingerprint density at radius 1 is 0.378 bits per heavy atom. The van der Waals surface area contributed by atoms with Gasteiger partial charge in [-0.15, -0.1) is 0 Å². The van der Waals surface area contributed by atoms with Crippen molar-refractivity contribution in [2.45, 2.75) is 369 Å². The standard InChI is InChI=1S/C79H137NO18/c1-3-5-7-9-11-13-15-17-19-21-23-25-26-27-28-29-30-31-32-33-34-35-37-38-40-42-44-46-48-50-52-54-56-63(84)62(80-67(85)57-55-53-51-49-47-45-43-41-39-36-24-22-20-18-16-14-12-10-8-6-4-2)61-93-77-73(91)70(88)75(65(59-82)95-77)98-79-74(92)71(89)76(66(60-83)96-79)97-78-72(90)69(87)68(86)64(58-81)94-78/h6,8,12,14,18,20,24,36,38,40-41,43,46,48,54,56,62-66,68-79,81-84,86-92H,3-5,7,9-11,13,15-17,19,21-23,25-35,37,39,42,44-45,47,49-53,55,57-61H2,1-2H3,(H,80,85)/b8-6-,14-12-,20-18-,36-24-,40-38+,43-41-,48-46+,56-54+. The molecule has 0 aromatic heterocycles. The summed E-state index contributed by atoms with van der Waals surface area (Å²) < 4.78 is 34.4. The molecule has 19 heteroatoms. The van der Waals surface area contributed by atoms with E-state index in [0.717, 1.165) is 89.9 Å². The van der Waals surface area contributed by atoms with E-state index in [1.807, 2.05) is 6.08 Å². The van der Waals surface area contributed by atoms with Crippen LogP contribution in [0.3, 0.4) is 0 Å². The van der Waals surface area contributed by atoms with E-state index in [1.165, 1.54) is 141 Å². The lowest BCUT2D eigenvalue weighted by molar-refractivity contribution is -0.379. The molecular formula is C79H137NO18. The molecule has 3 saturated heterocycles.